The molecule has 1 aliphatic rings. The van der Waals surface area contributed by atoms with Gasteiger partial charge in [0.2, 0.25) is 5.91 Å². The number of nitrogens with zero attached hydrogens (tertiary/aromatic N) is 1. The van der Waals surface area contributed by atoms with E-state index in [0.717, 1.165) is 11.8 Å². The van der Waals surface area contributed by atoms with Crippen LogP contribution in [0.5, 0.6) is 0 Å². The quantitative estimate of drug-likeness (QED) is 0.785. The summed E-state index contributed by atoms with van der Waals surface area (Å²) in [5.41, 5.74) is 0. The van der Waals surface area contributed by atoms with Crippen LogP contribution in [0.2, 0.25) is 0 Å². The van der Waals surface area contributed by atoms with Gasteiger partial charge in [0.25, 0.3) is 0 Å². The molecule has 1 fully saturated rings. The summed E-state index contributed by atoms with van der Waals surface area (Å²) in [7, 11) is 0. The number of hydrogen-bond acceptors (Lipinski definition) is 2. The standard InChI is InChI=1S/C11H18BrNO3/c1-3-7(2)10(11(15)16)13-6-8(5-12)4-9(13)14/h7-8,10H,3-6H2,1-2H3,(H,15,16). The maximum absolute atomic E-state index is 11.8. The minimum atomic E-state index is -0.891. The fourth-order valence-electron chi connectivity index (χ4n) is 2.09. The van der Waals surface area contributed by atoms with Gasteiger partial charge in [-0.25, -0.2) is 4.79 Å². The molecule has 3 atom stereocenters. The van der Waals surface area contributed by atoms with Crippen LogP contribution < -0.4 is 0 Å². The lowest BCUT2D eigenvalue weighted by Gasteiger charge is -2.29. The largest absolute Gasteiger partial charge is 0.480 e. The Kier molecular flexibility index (Phi) is 4.77. The summed E-state index contributed by atoms with van der Waals surface area (Å²) in [6, 6.07) is -0.665. The first-order chi connectivity index (χ1) is 7.51. The number of carboxylic acid groups (broad SMARTS) is 1. The highest BCUT2D eigenvalue weighted by Crippen LogP contribution is 2.26. The maximum Gasteiger partial charge on any atom is 0.326 e. The van der Waals surface area contributed by atoms with Gasteiger partial charge in [-0.3, -0.25) is 4.79 Å². The number of alkyl halides is 1. The molecule has 1 aliphatic heterocycles. The third-order valence-corrected chi connectivity index (χ3v) is 4.14. The minimum Gasteiger partial charge on any atom is -0.480 e. The summed E-state index contributed by atoms with van der Waals surface area (Å²) < 4.78 is 0. The number of halogens is 1. The molecule has 1 saturated heterocycles. The van der Waals surface area contributed by atoms with Crippen molar-refractivity contribution in [2.75, 3.05) is 11.9 Å². The third kappa shape index (κ3) is 2.75. The molecule has 0 aliphatic carbocycles. The molecule has 3 unspecified atom stereocenters. The maximum atomic E-state index is 11.8. The van der Waals surface area contributed by atoms with Gasteiger partial charge in [-0.2, -0.15) is 0 Å². The van der Waals surface area contributed by atoms with Gasteiger partial charge in [0, 0.05) is 18.3 Å². The minimum absolute atomic E-state index is 0.00414. The number of carbonyl (C=O) groups excluding carboxylic acids is 1. The zero-order chi connectivity index (χ0) is 12.3. The second-order valence-electron chi connectivity index (χ2n) is 4.44. The first-order valence-corrected chi connectivity index (χ1v) is 6.71. The first kappa shape index (κ1) is 13.5. The molecule has 0 radical (unpaired) electrons. The van der Waals surface area contributed by atoms with Crippen LogP contribution >= 0.6 is 15.9 Å². The molecule has 1 rings (SSSR count). The summed E-state index contributed by atoms with van der Waals surface area (Å²) in [6.07, 6.45) is 1.23. The van der Waals surface area contributed by atoms with Crippen molar-refractivity contribution in [2.45, 2.75) is 32.7 Å². The molecule has 0 aromatic carbocycles. The van der Waals surface area contributed by atoms with E-state index in [1.807, 2.05) is 13.8 Å². The molecule has 0 aromatic heterocycles. The Morgan fingerprint density at radius 1 is 1.69 bits per heavy atom. The molecule has 4 nitrogen and oxygen atoms in total. The number of amides is 1. The van der Waals surface area contributed by atoms with E-state index in [2.05, 4.69) is 15.9 Å². The highest BCUT2D eigenvalue weighted by atomic mass is 79.9. The Morgan fingerprint density at radius 3 is 2.69 bits per heavy atom. The highest BCUT2D eigenvalue weighted by molar-refractivity contribution is 9.09. The van der Waals surface area contributed by atoms with Crippen LogP contribution in [0.4, 0.5) is 0 Å². The average Bonchev–Trinajstić information content (AvgIpc) is 2.59. The van der Waals surface area contributed by atoms with Crippen molar-refractivity contribution in [2.24, 2.45) is 11.8 Å². The van der Waals surface area contributed by atoms with E-state index in [1.165, 1.54) is 4.90 Å². The summed E-state index contributed by atoms with van der Waals surface area (Å²) in [5, 5.41) is 9.96. The van der Waals surface area contributed by atoms with Crippen molar-refractivity contribution in [3.8, 4) is 0 Å². The second kappa shape index (κ2) is 5.66. The van der Waals surface area contributed by atoms with Gasteiger partial charge in [0.15, 0.2) is 0 Å². The van der Waals surface area contributed by atoms with Crippen molar-refractivity contribution < 1.29 is 14.7 Å². The van der Waals surface area contributed by atoms with Crippen molar-refractivity contribution in [3.05, 3.63) is 0 Å². The van der Waals surface area contributed by atoms with Crippen LogP contribution in [0.15, 0.2) is 0 Å². The van der Waals surface area contributed by atoms with Gasteiger partial charge in [-0.1, -0.05) is 36.2 Å². The van der Waals surface area contributed by atoms with E-state index in [-0.39, 0.29) is 17.7 Å². The first-order valence-electron chi connectivity index (χ1n) is 5.59. The Balaban J connectivity index is 2.80. The van der Waals surface area contributed by atoms with Crippen LogP contribution in [0.3, 0.4) is 0 Å². The molecule has 5 heteroatoms. The number of carboxylic acids is 1. The van der Waals surface area contributed by atoms with Crippen LogP contribution in [-0.2, 0) is 9.59 Å². The fourth-order valence-corrected chi connectivity index (χ4v) is 2.52. The third-order valence-electron chi connectivity index (χ3n) is 3.23. The van der Waals surface area contributed by atoms with Gasteiger partial charge in [-0.15, -0.1) is 0 Å². The summed E-state index contributed by atoms with van der Waals surface area (Å²) in [4.78, 5) is 24.5. The molecular weight excluding hydrogens is 274 g/mol. The zero-order valence-electron chi connectivity index (χ0n) is 9.65. The Bertz CT molecular complexity index is 282. The predicted molar refractivity (Wildman–Crippen MR) is 64.5 cm³/mol. The van der Waals surface area contributed by atoms with Crippen LogP contribution in [0, 0.1) is 11.8 Å². The van der Waals surface area contributed by atoms with Crippen LogP contribution in [0.25, 0.3) is 0 Å². The molecule has 1 heterocycles. The summed E-state index contributed by atoms with van der Waals surface area (Å²) >= 11 is 3.35. The number of likely N-dealkylation sites (tertiary alicyclic amines) is 1. The monoisotopic (exact) mass is 291 g/mol. The van der Waals surface area contributed by atoms with E-state index in [1.54, 1.807) is 0 Å². The van der Waals surface area contributed by atoms with Gasteiger partial charge in [0.1, 0.15) is 6.04 Å². The predicted octanol–water partition coefficient (Wildman–Crippen LogP) is 1.73. The summed E-state index contributed by atoms with van der Waals surface area (Å²) in [6.45, 7) is 4.39. The molecule has 16 heavy (non-hydrogen) atoms. The van der Waals surface area contributed by atoms with E-state index in [0.29, 0.717) is 13.0 Å². The topological polar surface area (TPSA) is 57.6 Å². The molecule has 0 saturated carbocycles. The van der Waals surface area contributed by atoms with E-state index >= 15 is 0 Å². The molecule has 1 N–H and O–H groups in total. The Morgan fingerprint density at radius 2 is 2.31 bits per heavy atom. The SMILES string of the molecule is CCC(C)C(C(=O)O)N1CC(CBr)CC1=O. The van der Waals surface area contributed by atoms with Gasteiger partial charge < -0.3 is 10.0 Å². The Hall–Kier alpha value is -0.580. The number of hydrogen-bond donors (Lipinski definition) is 1. The van der Waals surface area contributed by atoms with Crippen molar-refractivity contribution in [1.29, 1.82) is 0 Å². The average molecular weight is 292 g/mol. The van der Waals surface area contributed by atoms with Crippen molar-refractivity contribution in [3.63, 3.8) is 0 Å². The lowest BCUT2D eigenvalue weighted by atomic mass is 9.98. The summed E-state index contributed by atoms with van der Waals surface area (Å²) in [5.74, 6) is -0.677. The van der Waals surface area contributed by atoms with Crippen LogP contribution in [0.1, 0.15) is 26.7 Å². The van der Waals surface area contributed by atoms with Crippen molar-refractivity contribution >= 4 is 27.8 Å². The fraction of sp³-hybridized carbons (Fsp3) is 0.818. The molecule has 0 aromatic rings. The van der Waals surface area contributed by atoms with E-state index in [9.17, 15) is 14.7 Å². The molecule has 0 spiro atoms. The lowest BCUT2D eigenvalue weighted by Crippen LogP contribution is -2.46. The van der Waals surface area contributed by atoms with Gasteiger partial charge in [-0.05, 0) is 11.8 Å². The number of rotatable bonds is 5. The van der Waals surface area contributed by atoms with E-state index in [4.69, 9.17) is 0 Å². The molecular formula is C11H18BrNO3. The lowest BCUT2D eigenvalue weighted by molar-refractivity contribution is -0.150. The number of aliphatic carboxylic acids is 1. The second-order valence-corrected chi connectivity index (χ2v) is 5.09. The molecule has 1 amide bonds. The molecule has 92 valence electrons. The Labute approximate surface area is 104 Å². The van der Waals surface area contributed by atoms with Crippen molar-refractivity contribution in [1.82, 2.24) is 4.90 Å². The molecule has 0 bridgehead atoms. The zero-order valence-corrected chi connectivity index (χ0v) is 11.2. The van der Waals surface area contributed by atoms with Crippen LogP contribution in [-0.4, -0.2) is 39.8 Å². The van der Waals surface area contributed by atoms with E-state index < -0.39 is 12.0 Å². The van der Waals surface area contributed by atoms with Gasteiger partial charge >= 0.3 is 5.97 Å². The van der Waals surface area contributed by atoms with Gasteiger partial charge in [0.05, 0.1) is 0 Å². The normalized spacial score (nSPS) is 24.6. The highest BCUT2D eigenvalue weighted by Gasteiger charge is 2.39. The smallest absolute Gasteiger partial charge is 0.326 e. The number of carbonyl (C=O) groups is 2.